The van der Waals surface area contributed by atoms with Gasteiger partial charge in [0.15, 0.2) is 5.78 Å². The fourth-order valence-electron chi connectivity index (χ4n) is 4.75. The number of carboxylic acid groups (broad SMARTS) is 1. The molecule has 6 nitrogen and oxygen atoms in total. The molecule has 0 heterocycles. The lowest BCUT2D eigenvalue weighted by Gasteiger charge is -2.34. The Bertz CT molecular complexity index is 1430. The van der Waals surface area contributed by atoms with Gasteiger partial charge in [-0.3, -0.25) is 4.79 Å². The molecule has 0 saturated heterocycles. The molecule has 4 aromatic carbocycles. The quantitative estimate of drug-likeness (QED) is 0.237. The fourth-order valence-corrected chi connectivity index (χ4v) is 4.75. The number of ketones is 1. The molecule has 1 fully saturated rings. The molecule has 0 radical (unpaired) electrons. The van der Waals surface area contributed by atoms with Crippen LogP contribution in [-0.2, 0) is 0 Å². The Kier molecular flexibility index (Phi) is 7.13. The first-order valence-electron chi connectivity index (χ1n) is 12.8. The fraction of sp³-hybridized carbons (Fsp3) is 0.188. The smallest absolute Gasteiger partial charge is 0.335 e. The van der Waals surface area contributed by atoms with Crippen LogP contribution in [0.1, 0.15) is 45.5 Å². The lowest BCUT2D eigenvalue weighted by molar-refractivity contribution is 0.0697. The van der Waals surface area contributed by atoms with E-state index in [1.54, 1.807) is 36.4 Å². The van der Waals surface area contributed by atoms with Crippen molar-refractivity contribution in [1.29, 1.82) is 0 Å². The summed E-state index contributed by atoms with van der Waals surface area (Å²) in [6.45, 7) is 0.777. The molecule has 4 aromatic rings. The lowest BCUT2D eigenvalue weighted by Crippen LogP contribution is -2.29. The number of phenolic OH excluding ortho intramolecular Hbond substituents is 1. The molecule has 0 aromatic heterocycles. The van der Waals surface area contributed by atoms with Gasteiger partial charge in [-0.25, -0.2) is 4.79 Å². The molecule has 6 heteroatoms. The van der Waals surface area contributed by atoms with Gasteiger partial charge >= 0.3 is 5.97 Å². The summed E-state index contributed by atoms with van der Waals surface area (Å²) in [5.74, 6) is -0.557. The molecule has 0 spiro atoms. The highest BCUT2D eigenvalue weighted by molar-refractivity contribution is 6.10. The Morgan fingerprint density at radius 3 is 1.92 bits per heavy atom. The van der Waals surface area contributed by atoms with Gasteiger partial charge in [-0.2, -0.15) is 0 Å². The van der Waals surface area contributed by atoms with E-state index in [2.05, 4.69) is 4.90 Å². The third-order valence-corrected chi connectivity index (χ3v) is 7.23. The van der Waals surface area contributed by atoms with Crippen molar-refractivity contribution in [1.82, 2.24) is 0 Å². The van der Waals surface area contributed by atoms with E-state index >= 15 is 0 Å². The van der Waals surface area contributed by atoms with E-state index < -0.39 is 5.97 Å². The summed E-state index contributed by atoms with van der Waals surface area (Å²) in [7, 11) is 1.91. The molecule has 0 atom stereocenters. The average molecular weight is 507 g/mol. The third-order valence-electron chi connectivity index (χ3n) is 7.23. The van der Waals surface area contributed by atoms with Crippen LogP contribution in [0.2, 0.25) is 0 Å². The molecule has 0 aliphatic heterocycles. The second-order valence-electron chi connectivity index (χ2n) is 9.77. The summed E-state index contributed by atoms with van der Waals surface area (Å²) < 4.78 is 0. The Labute approximate surface area is 222 Å². The first-order valence-corrected chi connectivity index (χ1v) is 12.8. The molecular formula is C32H30N2O4. The van der Waals surface area contributed by atoms with Crippen LogP contribution < -0.4 is 9.80 Å². The van der Waals surface area contributed by atoms with E-state index in [0.29, 0.717) is 22.7 Å². The zero-order valence-electron chi connectivity index (χ0n) is 21.2. The molecular weight excluding hydrogens is 476 g/mol. The van der Waals surface area contributed by atoms with Crippen molar-refractivity contribution in [2.75, 3.05) is 23.4 Å². The summed E-state index contributed by atoms with van der Waals surface area (Å²) in [6, 6.07) is 28.9. The minimum Gasteiger partial charge on any atom is -0.508 e. The van der Waals surface area contributed by atoms with Crippen LogP contribution in [-0.4, -0.2) is 35.6 Å². The summed E-state index contributed by atoms with van der Waals surface area (Å²) >= 11 is 0. The molecule has 0 unspecified atom stereocenters. The van der Waals surface area contributed by atoms with Crippen LogP contribution >= 0.6 is 0 Å². The first-order chi connectivity index (χ1) is 18.4. The van der Waals surface area contributed by atoms with Gasteiger partial charge in [0.05, 0.1) is 5.56 Å². The van der Waals surface area contributed by atoms with Gasteiger partial charge in [-0.05, 0) is 97.6 Å². The SMILES string of the molecule is CN(c1ccc(O)cc1)c1ccc(C(=O)c2cc(C(=O)O)cc(N(CC3CCC3)c3ccccc3)c2)cc1. The lowest BCUT2D eigenvalue weighted by atomic mass is 9.85. The Morgan fingerprint density at radius 2 is 1.34 bits per heavy atom. The maximum Gasteiger partial charge on any atom is 0.335 e. The highest BCUT2D eigenvalue weighted by atomic mass is 16.4. The predicted octanol–water partition coefficient (Wildman–Crippen LogP) is 7.03. The number of carboxylic acids is 1. The van der Waals surface area contributed by atoms with E-state index in [1.165, 1.54) is 12.5 Å². The molecule has 0 amide bonds. The van der Waals surface area contributed by atoms with Crippen molar-refractivity contribution in [3.63, 3.8) is 0 Å². The van der Waals surface area contributed by atoms with Crippen LogP contribution in [0, 0.1) is 5.92 Å². The number of aromatic carboxylic acids is 1. The first kappa shape index (κ1) is 25.1. The predicted molar refractivity (Wildman–Crippen MR) is 150 cm³/mol. The number of hydrogen-bond acceptors (Lipinski definition) is 5. The Morgan fingerprint density at radius 1 is 0.737 bits per heavy atom. The monoisotopic (exact) mass is 506 g/mol. The van der Waals surface area contributed by atoms with Crippen molar-refractivity contribution in [3.8, 4) is 5.75 Å². The standard InChI is InChI=1S/C32H30N2O4/c1-33(27-14-16-30(35)17-15-27)26-12-10-23(11-13-26)31(36)24-18-25(32(37)38)20-29(19-24)34(21-22-6-5-7-22)28-8-3-2-4-9-28/h2-4,8-20,22,35H,5-7,21H2,1H3,(H,37,38). The summed E-state index contributed by atoms with van der Waals surface area (Å²) in [5, 5.41) is 19.4. The molecule has 192 valence electrons. The number of rotatable bonds is 9. The number of benzene rings is 4. The van der Waals surface area contributed by atoms with Crippen molar-refractivity contribution >= 4 is 34.5 Å². The summed E-state index contributed by atoms with van der Waals surface area (Å²) in [6.07, 6.45) is 3.52. The Balaban J connectivity index is 1.46. The van der Waals surface area contributed by atoms with E-state index in [9.17, 15) is 19.8 Å². The van der Waals surface area contributed by atoms with Gasteiger partial charge in [0, 0.05) is 47.5 Å². The van der Waals surface area contributed by atoms with E-state index in [4.69, 9.17) is 0 Å². The Hall–Kier alpha value is -4.58. The maximum absolute atomic E-state index is 13.6. The van der Waals surface area contributed by atoms with Gasteiger partial charge in [0.25, 0.3) is 0 Å². The number of carbonyl (C=O) groups is 2. The van der Waals surface area contributed by atoms with Crippen molar-refractivity contribution in [2.24, 2.45) is 5.92 Å². The van der Waals surface area contributed by atoms with Crippen LogP contribution in [0.15, 0.2) is 97.1 Å². The summed E-state index contributed by atoms with van der Waals surface area (Å²) in [5.41, 5.74) is 4.36. The molecule has 2 N–H and O–H groups in total. The average Bonchev–Trinajstić information content (AvgIpc) is 2.92. The topological polar surface area (TPSA) is 81.1 Å². The molecule has 1 saturated carbocycles. The van der Waals surface area contributed by atoms with Gasteiger partial charge in [-0.15, -0.1) is 0 Å². The van der Waals surface area contributed by atoms with E-state index in [1.807, 2.05) is 66.5 Å². The highest BCUT2D eigenvalue weighted by Gasteiger charge is 2.24. The van der Waals surface area contributed by atoms with Crippen LogP contribution in [0.3, 0.4) is 0 Å². The maximum atomic E-state index is 13.6. The molecule has 1 aliphatic rings. The van der Waals surface area contributed by atoms with E-state index in [0.717, 1.165) is 36.4 Å². The van der Waals surface area contributed by atoms with Crippen molar-refractivity contribution in [3.05, 3.63) is 114 Å². The molecule has 38 heavy (non-hydrogen) atoms. The highest BCUT2D eigenvalue weighted by Crippen LogP contribution is 2.34. The number of hydrogen-bond donors (Lipinski definition) is 2. The van der Waals surface area contributed by atoms with Gasteiger partial charge in [0.2, 0.25) is 0 Å². The second-order valence-corrected chi connectivity index (χ2v) is 9.77. The van der Waals surface area contributed by atoms with Crippen LogP contribution in [0.25, 0.3) is 0 Å². The number of nitrogens with zero attached hydrogens (tertiary/aromatic N) is 2. The molecule has 5 rings (SSSR count). The van der Waals surface area contributed by atoms with Gasteiger partial charge in [0.1, 0.15) is 5.75 Å². The number of carbonyl (C=O) groups excluding carboxylic acids is 1. The molecule has 0 bridgehead atoms. The molecule has 1 aliphatic carbocycles. The minimum atomic E-state index is -1.07. The zero-order valence-corrected chi connectivity index (χ0v) is 21.2. The number of aromatic hydroxyl groups is 1. The van der Waals surface area contributed by atoms with Crippen molar-refractivity contribution in [2.45, 2.75) is 19.3 Å². The largest absolute Gasteiger partial charge is 0.508 e. The van der Waals surface area contributed by atoms with Gasteiger partial charge < -0.3 is 20.0 Å². The number of para-hydroxylation sites is 1. The number of anilines is 4. The zero-order chi connectivity index (χ0) is 26.6. The second kappa shape index (κ2) is 10.8. The van der Waals surface area contributed by atoms with Crippen LogP contribution in [0.5, 0.6) is 5.75 Å². The van der Waals surface area contributed by atoms with Crippen molar-refractivity contribution < 1.29 is 19.8 Å². The van der Waals surface area contributed by atoms with Crippen LogP contribution in [0.4, 0.5) is 22.7 Å². The van der Waals surface area contributed by atoms with Gasteiger partial charge in [-0.1, -0.05) is 24.6 Å². The minimum absolute atomic E-state index is 0.0871. The normalized spacial score (nSPS) is 13.0. The summed E-state index contributed by atoms with van der Waals surface area (Å²) in [4.78, 5) is 29.7. The van der Waals surface area contributed by atoms with E-state index in [-0.39, 0.29) is 17.1 Å². The number of phenols is 1. The third kappa shape index (κ3) is 5.39.